The molecule has 0 radical (unpaired) electrons. The molecule has 1 aromatic carbocycles. The molecule has 0 heterocycles. The second-order valence-corrected chi connectivity index (χ2v) is 3.41. The minimum Gasteiger partial charge on any atom is -0.661 e. The average Bonchev–Trinajstić information content (AvgIpc) is 2.38. The summed E-state index contributed by atoms with van der Waals surface area (Å²) in [4.78, 5) is 26.1. The van der Waals surface area contributed by atoms with E-state index < -0.39 is 11.9 Å². The van der Waals surface area contributed by atoms with Gasteiger partial charge in [0.15, 0.2) is 0 Å². The van der Waals surface area contributed by atoms with Crippen molar-refractivity contribution in [1.82, 2.24) is 0 Å². The highest BCUT2D eigenvalue weighted by Gasteiger charge is 2.17. The Bertz CT molecular complexity index is 400. The molecule has 0 aliphatic heterocycles. The number of hydrogen-bond donors (Lipinski definition) is 0. The maximum absolute atomic E-state index is 11.6. The Labute approximate surface area is 98.9 Å². The summed E-state index contributed by atoms with van der Waals surface area (Å²) in [6.45, 7) is 2.26. The molecule has 0 bridgehead atoms. The van der Waals surface area contributed by atoms with Gasteiger partial charge in [0.1, 0.15) is 0 Å². The Hall–Kier alpha value is -1.88. The zero-order chi connectivity index (χ0) is 12.7. The summed E-state index contributed by atoms with van der Waals surface area (Å²) < 4.78 is 4.96. The number of benzene rings is 1. The minimum atomic E-state index is -1.09. The molecule has 0 saturated heterocycles. The summed E-state index contributed by atoms with van der Waals surface area (Å²) in [5.74, 6) is -1.72. The highest BCUT2D eigenvalue weighted by molar-refractivity contribution is 6.02. The lowest BCUT2D eigenvalue weighted by atomic mass is 10.1. The summed E-state index contributed by atoms with van der Waals surface area (Å²) in [6, 6.07) is 5.88. The zero-order valence-corrected chi connectivity index (χ0v) is 9.47. The van der Waals surface area contributed by atoms with Gasteiger partial charge in [-0.15, -0.1) is 0 Å². The molecule has 5 heteroatoms. The van der Waals surface area contributed by atoms with E-state index in [9.17, 15) is 14.8 Å². The predicted octanol–water partition coefficient (Wildman–Crippen LogP) is 1.08. The second kappa shape index (κ2) is 6.65. The molecule has 17 heavy (non-hydrogen) atoms. The maximum atomic E-state index is 11.6. The van der Waals surface area contributed by atoms with Crippen molar-refractivity contribution >= 4 is 11.9 Å². The van der Waals surface area contributed by atoms with Gasteiger partial charge in [-0.25, -0.2) is 9.59 Å². The van der Waals surface area contributed by atoms with Gasteiger partial charge in [0, 0.05) is 0 Å². The van der Waals surface area contributed by atoms with Crippen LogP contribution in [0.15, 0.2) is 24.3 Å². The van der Waals surface area contributed by atoms with E-state index in [-0.39, 0.29) is 17.7 Å². The molecule has 0 amide bonds. The van der Waals surface area contributed by atoms with Gasteiger partial charge in [0.2, 0.25) is 0 Å². The molecular formula is C12H13O5-. The van der Waals surface area contributed by atoms with Gasteiger partial charge in [0.05, 0.1) is 17.7 Å². The SMILES string of the molecule is CCCCOC(=O)c1ccccc1C(=O)O[O-]. The van der Waals surface area contributed by atoms with Crippen LogP contribution in [0, 0.1) is 0 Å². The standard InChI is InChI=1S/C12H14O5/c1-2-3-8-16-11(13)9-6-4-5-7-10(9)12(14)17-15/h4-7,15H,2-3,8H2,1H3/p-1. The Kier molecular flexibility index (Phi) is 5.16. The lowest BCUT2D eigenvalue weighted by Gasteiger charge is -2.10. The van der Waals surface area contributed by atoms with E-state index in [1.54, 1.807) is 6.07 Å². The molecule has 0 saturated carbocycles. The first-order valence-electron chi connectivity index (χ1n) is 5.31. The fourth-order valence-corrected chi connectivity index (χ4v) is 1.27. The topological polar surface area (TPSA) is 75.7 Å². The Balaban J connectivity index is 2.82. The third kappa shape index (κ3) is 3.57. The number of carbonyl (C=O) groups is 2. The second-order valence-electron chi connectivity index (χ2n) is 3.41. The van der Waals surface area contributed by atoms with E-state index in [4.69, 9.17) is 4.74 Å². The third-order valence-electron chi connectivity index (χ3n) is 2.17. The Morgan fingerprint density at radius 2 is 1.76 bits per heavy atom. The van der Waals surface area contributed by atoms with E-state index in [1.165, 1.54) is 18.2 Å². The van der Waals surface area contributed by atoms with Crippen molar-refractivity contribution in [2.45, 2.75) is 19.8 Å². The van der Waals surface area contributed by atoms with Crippen LogP contribution in [0.4, 0.5) is 0 Å². The third-order valence-corrected chi connectivity index (χ3v) is 2.17. The highest BCUT2D eigenvalue weighted by atomic mass is 17.1. The number of hydrogen-bond acceptors (Lipinski definition) is 5. The lowest BCUT2D eigenvalue weighted by Crippen LogP contribution is -2.18. The fourth-order valence-electron chi connectivity index (χ4n) is 1.27. The van der Waals surface area contributed by atoms with Crippen LogP contribution < -0.4 is 5.26 Å². The number of ether oxygens (including phenoxy) is 1. The summed E-state index contributed by atoms with van der Waals surface area (Å²) in [5, 5.41) is 10.1. The monoisotopic (exact) mass is 237 g/mol. The van der Waals surface area contributed by atoms with Gasteiger partial charge in [-0.1, -0.05) is 25.5 Å². The molecule has 0 fully saturated rings. The first kappa shape index (κ1) is 13.2. The number of esters is 1. The van der Waals surface area contributed by atoms with Crippen LogP contribution in [-0.4, -0.2) is 18.5 Å². The molecule has 0 aromatic heterocycles. The molecule has 0 spiro atoms. The van der Waals surface area contributed by atoms with Gasteiger partial charge in [-0.3, -0.25) is 0 Å². The Morgan fingerprint density at radius 3 is 2.29 bits per heavy atom. The van der Waals surface area contributed by atoms with Gasteiger partial charge in [-0.05, 0) is 18.6 Å². The number of rotatable bonds is 5. The van der Waals surface area contributed by atoms with Crippen LogP contribution in [0.2, 0.25) is 0 Å². The van der Waals surface area contributed by atoms with Gasteiger partial charge in [-0.2, -0.15) is 0 Å². The molecule has 0 N–H and O–H groups in total. The first-order valence-corrected chi connectivity index (χ1v) is 5.31. The van der Waals surface area contributed by atoms with Crippen LogP contribution in [0.25, 0.3) is 0 Å². The quantitative estimate of drug-likeness (QED) is 0.331. The van der Waals surface area contributed by atoms with E-state index in [0.717, 1.165) is 12.8 Å². The van der Waals surface area contributed by atoms with Crippen LogP contribution >= 0.6 is 0 Å². The van der Waals surface area contributed by atoms with Gasteiger partial charge < -0.3 is 14.9 Å². The summed E-state index contributed by atoms with van der Waals surface area (Å²) in [7, 11) is 0. The van der Waals surface area contributed by atoms with Crippen LogP contribution in [0.3, 0.4) is 0 Å². The van der Waals surface area contributed by atoms with Crippen molar-refractivity contribution in [2.24, 2.45) is 0 Å². The molecule has 0 atom stereocenters. The molecular weight excluding hydrogens is 224 g/mol. The fraction of sp³-hybridized carbons (Fsp3) is 0.333. The number of carbonyl (C=O) groups excluding carboxylic acids is 2. The van der Waals surface area contributed by atoms with Crippen LogP contribution in [0.5, 0.6) is 0 Å². The maximum Gasteiger partial charge on any atom is 0.339 e. The predicted molar refractivity (Wildman–Crippen MR) is 57.0 cm³/mol. The van der Waals surface area contributed by atoms with Crippen molar-refractivity contribution in [2.75, 3.05) is 6.61 Å². The summed E-state index contributed by atoms with van der Waals surface area (Å²) in [6.07, 6.45) is 1.65. The molecule has 1 rings (SSSR count). The zero-order valence-electron chi connectivity index (χ0n) is 9.47. The molecule has 1 aromatic rings. The minimum absolute atomic E-state index is 0.0458. The van der Waals surface area contributed by atoms with Crippen LogP contribution in [0.1, 0.15) is 40.5 Å². The van der Waals surface area contributed by atoms with Gasteiger partial charge in [0.25, 0.3) is 0 Å². The Morgan fingerprint density at radius 1 is 1.18 bits per heavy atom. The largest absolute Gasteiger partial charge is 0.661 e. The lowest BCUT2D eigenvalue weighted by molar-refractivity contribution is -0.653. The number of unbranched alkanes of at least 4 members (excludes halogenated alkanes) is 1. The van der Waals surface area contributed by atoms with Crippen molar-refractivity contribution in [3.8, 4) is 0 Å². The molecule has 0 aliphatic carbocycles. The highest BCUT2D eigenvalue weighted by Crippen LogP contribution is 2.11. The van der Waals surface area contributed by atoms with Gasteiger partial charge >= 0.3 is 11.9 Å². The average molecular weight is 237 g/mol. The van der Waals surface area contributed by atoms with Crippen molar-refractivity contribution in [3.63, 3.8) is 0 Å². The van der Waals surface area contributed by atoms with Crippen molar-refractivity contribution in [1.29, 1.82) is 0 Å². The molecule has 0 aliphatic rings. The molecule has 0 unspecified atom stereocenters. The summed E-state index contributed by atoms with van der Waals surface area (Å²) >= 11 is 0. The van der Waals surface area contributed by atoms with E-state index in [2.05, 4.69) is 4.89 Å². The van der Waals surface area contributed by atoms with E-state index in [1.807, 2.05) is 6.92 Å². The molecule has 5 nitrogen and oxygen atoms in total. The first-order chi connectivity index (χ1) is 8.20. The summed E-state index contributed by atoms with van der Waals surface area (Å²) in [5.41, 5.74) is -0.0338. The molecule has 92 valence electrons. The van der Waals surface area contributed by atoms with Crippen molar-refractivity contribution in [3.05, 3.63) is 35.4 Å². The smallest absolute Gasteiger partial charge is 0.339 e. The van der Waals surface area contributed by atoms with Crippen molar-refractivity contribution < 1.29 is 24.5 Å². The van der Waals surface area contributed by atoms with E-state index >= 15 is 0 Å². The van der Waals surface area contributed by atoms with Crippen LogP contribution in [-0.2, 0) is 9.62 Å². The normalized spacial score (nSPS) is 9.76. The van der Waals surface area contributed by atoms with E-state index in [0.29, 0.717) is 0 Å².